The van der Waals surface area contributed by atoms with Crippen molar-refractivity contribution >= 4 is 22.8 Å². The van der Waals surface area contributed by atoms with Crippen molar-refractivity contribution < 1.29 is 4.79 Å². The van der Waals surface area contributed by atoms with Gasteiger partial charge in [0.2, 0.25) is 0 Å². The van der Waals surface area contributed by atoms with Crippen LogP contribution < -0.4 is 11.1 Å². The van der Waals surface area contributed by atoms with Crippen LogP contribution in [-0.4, -0.2) is 51.9 Å². The Morgan fingerprint density at radius 2 is 2.08 bits per heavy atom. The molecule has 4 N–H and O–H groups in total. The van der Waals surface area contributed by atoms with E-state index >= 15 is 0 Å². The Kier molecular flexibility index (Phi) is 4.53. The molecule has 1 aliphatic heterocycles. The lowest BCUT2D eigenvalue weighted by atomic mass is 10.2. The Hall–Kier alpha value is -2.93. The molecule has 1 amide bonds. The Bertz CT molecular complexity index is 929. The van der Waals surface area contributed by atoms with Crippen molar-refractivity contribution in [1.82, 2.24) is 19.9 Å². The fourth-order valence-electron chi connectivity index (χ4n) is 3.43. The highest BCUT2D eigenvalue weighted by molar-refractivity contribution is 6.04. The normalized spacial score (nSPS) is 14.8. The van der Waals surface area contributed by atoms with Gasteiger partial charge in [-0.2, -0.15) is 0 Å². The number of hydrogen-bond acceptors (Lipinski definition) is 5. The molecule has 0 atom stereocenters. The summed E-state index contributed by atoms with van der Waals surface area (Å²) in [4.78, 5) is 26.4. The second-order valence-electron chi connectivity index (χ2n) is 6.53. The molecule has 4 rings (SSSR count). The number of primary amides is 1. The van der Waals surface area contributed by atoms with Gasteiger partial charge in [0.05, 0.1) is 16.6 Å². The topological polar surface area (TPSA) is 99.9 Å². The molecule has 7 heteroatoms. The summed E-state index contributed by atoms with van der Waals surface area (Å²) in [6.07, 6.45) is 4.34. The third-order valence-corrected chi connectivity index (χ3v) is 4.76. The maximum Gasteiger partial charge on any atom is 0.250 e. The number of anilines is 1. The number of para-hydroxylation sites is 1. The van der Waals surface area contributed by atoms with Crippen LogP contribution in [0.2, 0.25) is 0 Å². The van der Waals surface area contributed by atoms with Crippen molar-refractivity contribution in [3.8, 4) is 11.4 Å². The first kappa shape index (κ1) is 16.5. The molecule has 1 aliphatic rings. The van der Waals surface area contributed by atoms with Gasteiger partial charge < -0.3 is 20.9 Å². The lowest BCUT2D eigenvalue weighted by molar-refractivity contribution is 0.100. The number of carbonyl (C=O) groups excluding carboxylic acids is 1. The predicted molar refractivity (Wildman–Crippen MR) is 102 cm³/mol. The SMILES string of the molecule is NC(=O)c1cccc2[nH]c(-c3cccnc3NCCN3CCCC3)nc12. The number of nitrogens with zero attached hydrogens (tertiary/aromatic N) is 3. The molecule has 0 aliphatic carbocycles. The highest BCUT2D eigenvalue weighted by Crippen LogP contribution is 2.27. The summed E-state index contributed by atoms with van der Waals surface area (Å²) in [5, 5.41) is 3.42. The molecule has 1 fully saturated rings. The van der Waals surface area contributed by atoms with E-state index in [0.717, 1.165) is 30.0 Å². The maximum atomic E-state index is 11.6. The molecular weight excluding hydrogens is 328 g/mol. The molecule has 0 spiro atoms. The number of amides is 1. The molecule has 1 aromatic carbocycles. The van der Waals surface area contributed by atoms with Crippen molar-refractivity contribution in [2.24, 2.45) is 5.73 Å². The average molecular weight is 350 g/mol. The van der Waals surface area contributed by atoms with Crippen molar-refractivity contribution in [2.75, 3.05) is 31.5 Å². The van der Waals surface area contributed by atoms with Crippen LogP contribution in [-0.2, 0) is 0 Å². The van der Waals surface area contributed by atoms with Crippen LogP contribution in [0.3, 0.4) is 0 Å². The smallest absolute Gasteiger partial charge is 0.250 e. The van der Waals surface area contributed by atoms with Crippen LogP contribution in [0, 0.1) is 0 Å². The number of aromatic nitrogens is 3. The second-order valence-corrected chi connectivity index (χ2v) is 6.53. The molecule has 1 saturated heterocycles. The van der Waals surface area contributed by atoms with Gasteiger partial charge in [-0.15, -0.1) is 0 Å². The van der Waals surface area contributed by atoms with Gasteiger partial charge in [-0.05, 0) is 50.2 Å². The number of rotatable bonds is 6. The molecule has 2 aromatic heterocycles. The standard InChI is InChI=1S/C19H22N6O/c20-17(26)13-5-3-7-15-16(13)24-19(23-15)14-6-4-8-21-18(14)22-9-12-25-10-1-2-11-25/h3-8H,1-2,9-12H2,(H2,20,26)(H,21,22)(H,23,24). The van der Waals surface area contributed by atoms with Crippen molar-refractivity contribution in [3.05, 3.63) is 42.1 Å². The third-order valence-electron chi connectivity index (χ3n) is 4.76. The second kappa shape index (κ2) is 7.13. The number of benzene rings is 1. The van der Waals surface area contributed by atoms with E-state index in [9.17, 15) is 4.79 Å². The first-order chi connectivity index (χ1) is 12.7. The van der Waals surface area contributed by atoms with Gasteiger partial charge in [-0.3, -0.25) is 4.79 Å². The molecule has 0 bridgehead atoms. The van der Waals surface area contributed by atoms with E-state index in [2.05, 4.69) is 25.2 Å². The zero-order valence-electron chi connectivity index (χ0n) is 14.5. The van der Waals surface area contributed by atoms with Crippen LogP contribution in [0.25, 0.3) is 22.4 Å². The first-order valence-corrected chi connectivity index (χ1v) is 8.92. The predicted octanol–water partition coefficient (Wildman–Crippen LogP) is 2.23. The van der Waals surface area contributed by atoms with Crippen LogP contribution in [0.5, 0.6) is 0 Å². The summed E-state index contributed by atoms with van der Waals surface area (Å²) in [5.74, 6) is 0.973. The fourth-order valence-corrected chi connectivity index (χ4v) is 3.43. The van der Waals surface area contributed by atoms with Crippen molar-refractivity contribution in [1.29, 1.82) is 0 Å². The molecule has 0 unspecified atom stereocenters. The van der Waals surface area contributed by atoms with E-state index in [0.29, 0.717) is 16.9 Å². The third kappa shape index (κ3) is 3.25. The van der Waals surface area contributed by atoms with Gasteiger partial charge in [-0.1, -0.05) is 6.07 Å². The summed E-state index contributed by atoms with van der Waals surface area (Å²) >= 11 is 0. The van der Waals surface area contributed by atoms with Gasteiger partial charge in [0.25, 0.3) is 5.91 Å². The summed E-state index contributed by atoms with van der Waals surface area (Å²) in [7, 11) is 0. The number of imidazole rings is 1. The number of H-pyrrole nitrogens is 1. The van der Waals surface area contributed by atoms with E-state index in [1.807, 2.05) is 18.2 Å². The zero-order chi connectivity index (χ0) is 17.9. The molecule has 26 heavy (non-hydrogen) atoms. The number of pyridine rings is 1. The molecule has 134 valence electrons. The Morgan fingerprint density at radius 1 is 1.23 bits per heavy atom. The number of aromatic amines is 1. The van der Waals surface area contributed by atoms with E-state index < -0.39 is 5.91 Å². The number of likely N-dealkylation sites (tertiary alicyclic amines) is 1. The summed E-state index contributed by atoms with van der Waals surface area (Å²) in [6.45, 7) is 4.19. The van der Waals surface area contributed by atoms with Crippen molar-refractivity contribution in [2.45, 2.75) is 12.8 Å². The molecule has 7 nitrogen and oxygen atoms in total. The van der Waals surface area contributed by atoms with Crippen LogP contribution in [0.1, 0.15) is 23.2 Å². The summed E-state index contributed by atoms with van der Waals surface area (Å²) in [6, 6.07) is 9.21. The molecule has 0 saturated carbocycles. The first-order valence-electron chi connectivity index (χ1n) is 8.92. The Labute approximate surface area is 151 Å². The molecular formula is C19H22N6O. The average Bonchev–Trinajstić information content (AvgIpc) is 3.31. The minimum atomic E-state index is -0.483. The maximum absolute atomic E-state index is 11.6. The number of nitrogens with one attached hydrogen (secondary N) is 2. The van der Waals surface area contributed by atoms with E-state index in [-0.39, 0.29) is 0 Å². The largest absolute Gasteiger partial charge is 0.368 e. The van der Waals surface area contributed by atoms with E-state index in [4.69, 9.17) is 5.73 Å². The minimum Gasteiger partial charge on any atom is -0.368 e. The monoisotopic (exact) mass is 350 g/mol. The van der Waals surface area contributed by atoms with Crippen molar-refractivity contribution in [3.63, 3.8) is 0 Å². The highest BCUT2D eigenvalue weighted by Gasteiger charge is 2.15. The van der Waals surface area contributed by atoms with E-state index in [1.165, 1.54) is 25.9 Å². The molecule has 0 radical (unpaired) electrons. The van der Waals surface area contributed by atoms with Gasteiger partial charge in [0.1, 0.15) is 17.2 Å². The Morgan fingerprint density at radius 3 is 2.88 bits per heavy atom. The lowest BCUT2D eigenvalue weighted by Gasteiger charge is -2.15. The van der Waals surface area contributed by atoms with Gasteiger partial charge >= 0.3 is 0 Å². The van der Waals surface area contributed by atoms with Crippen LogP contribution in [0.4, 0.5) is 5.82 Å². The van der Waals surface area contributed by atoms with Crippen LogP contribution >= 0.6 is 0 Å². The lowest BCUT2D eigenvalue weighted by Crippen LogP contribution is -2.26. The molecule has 3 heterocycles. The van der Waals surface area contributed by atoms with E-state index in [1.54, 1.807) is 18.3 Å². The van der Waals surface area contributed by atoms with Gasteiger partial charge in [0, 0.05) is 19.3 Å². The summed E-state index contributed by atoms with van der Waals surface area (Å²) in [5.41, 5.74) is 8.12. The number of carbonyl (C=O) groups is 1. The molecule has 3 aromatic rings. The summed E-state index contributed by atoms with van der Waals surface area (Å²) < 4.78 is 0. The highest BCUT2D eigenvalue weighted by atomic mass is 16.1. The quantitative estimate of drug-likeness (QED) is 0.633. The zero-order valence-corrected chi connectivity index (χ0v) is 14.5. The minimum absolute atomic E-state index is 0.414. The Balaban J connectivity index is 1.60. The number of fused-ring (bicyclic) bond motifs is 1. The van der Waals surface area contributed by atoms with Gasteiger partial charge in [-0.25, -0.2) is 9.97 Å². The van der Waals surface area contributed by atoms with Crippen LogP contribution in [0.15, 0.2) is 36.5 Å². The van der Waals surface area contributed by atoms with Gasteiger partial charge in [0.15, 0.2) is 0 Å². The fraction of sp³-hybridized carbons (Fsp3) is 0.316. The number of nitrogens with two attached hydrogens (primary N) is 1. The number of hydrogen-bond donors (Lipinski definition) is 3.